The van der Waals surface area contributed by atoms with Gasteiger partial charge in [-0.2, -0.15) is 0 Å². The Kier molecular flexibility index (Phi) is 2.38. The van der Waals surface area contributed by atoms with Crippen molar-refractivity contribution in [3.8, 4) is 0 Å². The molecule has 0 spiro atoms. The van der Waals surface area contributed by atoms with E-state index in [1.165, 1.54) is 5.56 Å². The molecule has 0 N–H and O–H groups in total. The fourth-order valence-corrected chi connectivity index (χ4v) is 1.97. The molecule has 0 unspecified atom stereocenters. The molecule has 14 heavy (non-hydrogen) atoms. The lowest BCUT2D eigenvalue weighted by Gasteiger charge is -2.04. The van der Waals surface area contributed by atoms with E-state index in [-0.39, 0.29) is 0 Å². The van der Waals surface area contributed by atoms with Gasteiger partial charge in [-0.15, -0.1) is 0 Å². The number of benzene rings is 1. The summed E-state index contributed by atoms with van der Waals surface area (Å²) in [5.41, 5.74) is 3.35. The first-order chi connectivity index (χ1) is 6.72. The van der Waals surface area contributed by atoms with Crippen LogP contribution in [0.2, 0.25) is 0 Å². The van der Waals surface area contributed by atoms with Crippen molar-refractivity contribution in [2.24, 2.45) is 0 Å². The van der Waals surface area contributed by atoms with E-state index in [9.17, 15) is 0 Å². The van der Waals surface area contributed by atoms with Crippen LogP contribution in [0, 0.1) is 6.92 Å². The molecule has 1 nitrogen and oxygen atoms in total. The van der Waals surface area contributed by atoms with Crippen molar-refractivity contribution in [1.82, 2.24) is 4.98 Å². The Morgan fingerprint density at radius 1 is 1.43 bits per heavy atom. The first kappa shape index (κ1) is 9.41. The zero-order valence-corrected chi connectivity index (χ0v) is 9.51. The molecule has 0 saturated carbocycles. The third kappa shape index (κ3) is 1.46. The molecule has 0 amide bonds. The summed E-state index contributed by atoms with van der Waals surface area (Å²) in [6.07, 6.45) is 3.67. The minimum Gasteiger partial charge on any atom is -0.256 e. The normalized spacial score (nSPS) is 10.4. The monoisotopic (exact) mass is 247 g/mol. The van der Waals surface area contributed by atoms with Gasteiger partial charge in [0, 0.05) is 16.1 Å². The molecule has 0 bridgehead atoms. The molecule has 0 aliphatic rings. The summed E-state index contributed by atoms with van der Waals surface area (Å²) in [4.78, 5) is 4.35. The van der Waals surface area contributed by atoms with Crippen molar-refractivity contribution in [1.29, 1.82) is 0 Å². The predicted molar refractivity (Wildman–Crippen MR) is 64.3 cm³/mol. The SMILES string of the molecule is C=Cc1cc(C)c2nccc(Br)c2c1. The second kappa shape index (κ2) is 3.54. The molecule has 0 radical (unpaired) electrons. The molecule has 2 aromatic rings. The van der Waals surface area contributed by atoms with Crippen molar-refractivity contribution >= 4 is 32.9 Å². The van der Waals surface area contributed by atoms with E-state index >= 15 is 0 Å². The van der Waals surface area contributed by atoms with Gasteiger partial charge in [0.25, 0.3) is 0 Å². The molecule has 2 heteroatoms. The molecule has 2 rings (SSSR count). The van der Waals surface area contributed by atoms with Crippen molar-refractivity contribution in [3.63, 3.8) is 0 Å². The van der Waals surface area contributed by atoms with Crippen molar-refractivity contribution in [2.45, 2.75) is 6.92 Å². The zero-order chi connectivity index (χ0) is 10.1. The van der Waals surface area contributed by atoms with Crippen LogP contribution in [0.15, 0.2) is 35.4 Å². The van der Waals surface area contributed by atoms with E-state index in [1.54, 1.807) is 0 Å². The highest BCUT2D eigenvalue weighted by atomic mass is 79.9. The maximum absolute atomic E-state index is 4.35. The molecular formula is C12H10BrN. The summed E-state index contributed by atoms with van der Waals surface area (Å²) in [6, 6.07) is 6.13. The summed E-state index contributed by atoms with van der Waals surface area (Å²) >= 11 is 3.52. The van der Waals surface area contributed by atoms with E-state index in [0.717, 1.165) is 20.9 Å². The lowest BCUT2D eigenvalue weighted by atomic mass is 10.1. The number of rotatable bonds is 1. The van der Waals surface area contributed by atoms with Crippen LogP contribution >= 0.6 is 15.9 Å². The maximum Gasteiger partial charge on any atom is 0.0742 e. The van der Waals surface area contributed by atoms with E-state index < -0.39 is 0 Å². The van der Waals surface area contributed by atoms with Crippen LogP contribution in [-0.2, 0) is 0 Å². The molecule has 0 aliphatic carbocycles. The Hall–Kier alpha value is -1.15. The fraction of sp³-hybridized carbons (Fsp3) is 0.0833. The first-order valence-corrected chi connectivity index (χ1v) is 5.19. The van der Waals surface area contributed by atoms with Crippen molar-refractivity contribution in [2.75, 3.05) is 0 Å². The Bertz CT molecular complexity index is 503. The Morgan fingerprint density at radius 2 is 2.21 bits per heavy atom. The largest absolute Gasteiger partial charge is 0.256 e. The van der Waals surface area contributed by atoms with Crippen LogP contribution in [0.4, 0.5) is 0 Å². The summed E-state index contributed by atoms with van der Waals surface area (Å²) in [5, 5.41) is 1.14. The third-order valence-electron chi connectivity index (χ3n) is 2.24. The van der Waals surface area contributed by atoms with Crippen molar-refractivity contribution < 1.29 is 0 Å². The minimum atomic E-state index is 1.05. The van der Waals surface area contributed by atoms with Gasteiger partial charge in [0.15, 0.2) is 0 Å². The van der Waals surface area contributed by atoms with Crippen LogP contribution in [0.3, 0.4) is 0 Å². The smallest absolute Gasteiger partial charge is 0.0742 e. The van der Waals surface area contributed by atoms with Crippen LogP contribution < -0.4 is 0 Å². The number of hydrogen-bond donors (Lipinski definition) is 0. The summed E-state index contributed by atoms with van der Waals surface area (Å²) in [7, 11) is 0. The highest BCUT2D eigenvalue weighted by Gasteiger charge is 2.03. The number of hydrogen-bond acceptors (Lipinski definition) is 1. The number of halogens is 1. The highest BCUT2D eigenvalue weighted by molar-refractivity contribution is 9.10. The Morgan fingerprint density at radius 3 is 2.93 bits per heavy atom. The lowest BCUT2D eigenvalue weighted by Crippen LogP contribution is -1.85. The standard InChI is InChI=1S/C12H10BrN/c1-3-9-6-8(2)12-10(7-9)11(13)4-5-14-12/h3-7H,1H2,2H3. The van der Waals surface area contributed by atoms with Gasteiger partial charge < -0.3 is 0 Å². The molecule has 1 aromatic carbocycles. The van der Waals surface area contributed by atoms with Gasteiger partial charge in [0.1, 0.15) is 0 Å². The highest BCUT2D eigenvalue weighted by Crippen LogP contribution is 2.26. The van der Waals surface area contributed by atoms with Gasteiger partial charge in [-0.05, 0) is 36.2 Å². The van der Waals surface area contributed by atoms with Gasteiger partial charge in [-0.1, -0.05) is 28.6 Å². The maximum atomic E-state index is 4.35. The third-order valence-corrected chi connectivity index (χ3v) is 2.93. The molecule has 1 heterocycles. The second-order valence-electron chi connectivity index (χ2n) is 3.23. The molecular weight excluding hydrogens is 238 g/mol. The Balaban J connectivity index is 2.90. The van der Waals surface area contributed by atoms with E-state index in [2.05, 4.69) is 46.5 Å². The summed E-state index contributed by atoms with van der Waals surface area (Å²) in [5.74, 6) is 0. The molecule has 70 valence electrons. The molecule has 1 aromatic heterocycles. The average molecular weight is 248 g/mol. The number of nitrogens with zero attached hydrogens (tertiary/aromatic N) is 1. The molecule has 0 saturated heterocycles. The number of fused-ring (bicyclic) bond motifs is 1. The fourth-order valence-electron chi connectivity index (χ4n) is 1.55. The van der Waals surface area contributed by atoms with Gasteiger partial charge in [0.2, 0.25) is 0 Å². The number of pyridine rings is 1. The average Bonchev–Trinajstić information content (AvgIpc) is 2.19. The molecule has 0 atom stereocenters. The minimum absolute atomic E-state index is 1.05. The first-order valence-electron chi connectivity index (χ1n) is 4.39. The topological polar surface area (TPSA) is 12.9 Å². The van der Waals surface area contributed by atoms with Gasteiger partial charge >= 0.3 is 0 Å². The zero-order valence-electron chi connectivity index (χ0n) is 7.92. The summed E-state index contributed by atoms with van der Waals surface area (Å²) in [6.45, 7) is 5.84. The van der Waals surface area contributed by atoms with Gasteiger partial charge in [0.05, 0.1) is 5.52 Å². The van der Waals surface area contributed by atoms with Crippen molar-refractivity contribution in [3.05, 3.63) is 46.6 Å². The number of aryl methyl sites for hydroxylation is 1. The Labute approximate surface area is 91.6 Å². The van der Waals surface area contributed by atoms with E-state index in [4.69, 9.17) is 0 Å². The summed E-state index contributed by atoms with van der Waals surface area (Å²) < 4.78 is 1.08. The number of aromatic nitrogens is 1. The molecule has 0 aliphatic heterocycles. The van der Waals surface area contributed by atoms with Crippen LogP contribution in [0.1, 0.15) is 11.1 Å². The van der Waals surface area contributed by atoms with Gasteiger partial charge in [-0.25, -0.2) is 0 Å². The second-order valence-corrected chi connectivity index (χ2v) is 4.09. The quantitative estimate of drug-likeness (QED) is 0.744. The molecule has 0 fully saturated rings. The van der Waals surface area contributed by atoms with E-state index in [1.807, 2.05) is 18.3 Å². The van der Waals surface area contributed by atoms with Crippen LogP contribution in [0.25, 0.3) is 17.0 Å². The van der Waals surface area contributed by atoms with Gasteiger partial charge in [-0.3, -0.25) is 4.98 Å². The van der Waals surface area contributed by atoms with Crippen LogP contribution in [-0.4, -0.2) is 4.98 Å². The van der Waals surface area contributed by atoms with Crippen LogP contribution in [0.5, 0.6) is 0 Å². The lowest BCUT2D eigenvalue weighted by molar-refractivity contribution is 1.35. The van der Waals surface area contributed by atoms with E-state index in [0.29, 0.717) is 0 Å². The predicted octanol–water partition coefficient (Wildman–Crippen LogP) is 3.95.